The number of aliphatic hydroxyl groups is 1. The molecule has 1 aromatic rings. The van der Waals surface area contributed by atoms with Crippen molar-refractivity contribution in [3.05, 3.63) is 41.0 Å². The Morgan fingerprint density at radius 3 is 2.71 bits per heavy atom. The molecule has 21 heavy (non-hydrogen) atoms. The van der Waals surface area contributed by atoms with Gasteiger partial charge in [-0.25, -0.2) is 4.79 Å². The van der Waals surface area contributed by atoms with Crippen molar-refractivity contribution >= 4 is 12.2 Å². The average Bonchev–Trinajstić information content (AvgIpc) is 2.38. The van der Waals surface area contributed by atoms with Gasteiger partial charge in [0, 0.05) is 6.54 Å². The Morgan fingerprint density at radius 1 is 1.38 bits per heavy atom. The first-order valence-corrected chi connectivity index (χ1v) is 7.15. The number of carbonyl (C=O) groups excluding carboxylic acids is 1. The monoisotopic (exact) mass is 291 g/mol. The Bertz CT molecular complexity index is 501. The average molecular weight is 291 g/mol. The summed E-state index contributed by atoms with van der Waals surface area (Å²) in [6, 6.07) is 5.87. The highest BCUT2D eigenvalue weighted by molar-refractivity contribution is 5.67. The molecule has 0 heterocycles. The minimum Gasteiger partial charge on any atom is -0.444 e. The molecule has 116 valence electrons. The largest absolute Gasteiger partial charge is 0.444 e. The molecule has 0 radical (unpaired) electrons. The van der Waals surface area contributed by atoms with E-state index in [2.05, 4.69) is 5.32 Å². The maximum atomic E-state index is 11.4. The summed E-state index contributed by atoms with van der Waals surface area (Å²) in [5.74, 6) is 0. The van der Waals surface area contributed by atoms with E-state index in [4.69, 9.17) is 9.84 Å². The van der Waals surface area contributed by atoms with Gasteiger partial charge in [0.05, 0.1) is 6.61 Å². The number of ether oxygens (including phenoxy) is 1. The topological polar surface area (TPSA) is 58.6 Å². The number of aliphatic hydroxyl groups excluding tert-OH is 1. The number of alkyl carbamates (subject to hydrolysis) is 1. The van der Waals surface area contributed by atoms with Crippen LogP contribution in [0.5, 0.6) is 0 Å². The van der Waals surface area contributed by atoms with Crippen LogP contribution in [0.3, 0.4) is 0 Å². The van der Waals surface area contributed by atoms with E-state index >= 15 is 0 Å². The van der Waals surface area contributed by atoms with Gasteiger partial charge in [0.1, 0.15) is 5.60 Å². The molecule has 4 heteroatoms. The van der Waals surface area contributed by atoms with E-state index in [1.54, 1.807) is 0 Å². The van der Waals surface area contributed by atoms with Gasteiger partial charge in [-0.3, -0.25) is 0 Å². The first-order valence-electron chi connectivity index (χ1n) is 7.15. The summed E-state index contributed by atoms with van der Waals surface area (Å²) >= 11 is 0. The molecule has 1 amide bonds. The minimum atomic E-state index is -0.470. The quantitative estimate of drug-likeness (QED) is 0.817. The van der Waals surface area contributed by atoms with Gasteiger partial charge in [-0.2, -0.15) is 0 Å². The molecule has 1 rings (SSSR count). The first kappa shape index (κ1) is 17.2. The predicted octanol–water partition coefficient (Wildman–Crippen LogP) is 3.42. The summed E-state index contributed by atoms with van der Waals surface area (Å²) in [4.78, 5) is 11.4. The van der Waals surface area contributed by atoms with Crippen molar-refractivity contribution < 1.29 is 14.6 Å². The van der Waals surface area contributed by atoms with E-state index in [9.17, 15) is 4.79 Å². The Labute approximate surface area is 126 Å². The molecular formula is C17H25NO3. The third kappa shape index (κ3) is 6.95. The maximum Gasteiger partial charge on any atom is 0.407 e. The van der Waals surface area contributed by atoms with Crippen LogP contribution in [0.25, 0.3) is 6.08 Å². The van der Waals surface area contributed by atoms with Crippen molar-refractivity contribution in [3.8, 4) is 0 Å². The second-order valence-electron chi connectivity index (χ2n) is 5.97. The number of benzene rings is 1. The predicted molar refractivity (Wildman–Crippen MR) is 85.0 cm³/mol. The van der Waals surface area contributed by atoms with E-state index in [1.807, 2.05) is 58.0 Å². The molecule has 0 saturated heterocycles. The second kappa shape index (κ2) is 7.84. The number of carbonyl (C=O) groups is 1. The van der Waals surface area contributed by atoms with Gasteiger partial charge in [-0.1, -0.05) is 24.3 Å². The van der Waals surface area contributed by atoms with E-state index in [1.165, 1.54) is 0 Å². The molecule has 0 spiro atoms. The molecule has 0 atom stereocenters. The van der Waals surface area contributed by atoms with Crippen molar-refractivity contribution in [2.24, 2.45) is 0 Å². The smallest absolute Gasteiger partial charge is 0.407 e. The third-order valence-corrected chi connectivity index (χ3v) is 2.80. The van der Waals surface area contributed by atoms with Crippen LogP contribution in [0.15, 0.2) is 24.3 Å². The second-order valence-corrected chi connectivity index (χ2v) is 5.97. The van der Waals surface area contributed by atoms with Gasteiger partial charge in [0.25, 0.3) is 0 Å². The first-order chi connectivity index (χ1) is 9.81. The zero-order valence-electron chi connectivity index (χ0n) is 13.3. The van der Waals surface area contributed by atoms with E-state index < -0.39 is 11.7 Å². The molecular weight excluding hydrogens is 266 g/mol. The summed E-state index contributed by atoms with van der Waals surface area (Å²) in [7, 11) is 0. The number of aryl methyl sites for hydroxylation is 1. The maximum absolute atomic E-state index is 11.4. The fourth-order valence-electron chi connectivity index (χ4n) is 1.75. The summed E-state index contributed by atoms with van der Waals surface area (Å²) in [6.07, 6.45) is 4.34. The highest BCUT2D eigenvalue weighted by Crippen LogP contribution is 2.13. The summed E-state index contributed by atoms with van der Waals surface area (Å²) in [5, 5.41) is 11.8. The molecule has 2 N–H and O–H groups in total. The van der Waals surface area contributed by atoms with Crippen LogP contribution in [0, 0.1) is 6.92 Å². The van der Waals surface area contributed by atoms with Crippen LogP contribution in [0.2, 0.25) is 0 Å². The van der Waals surface area contributed by atoms with E-state index in [0.29, 0.717) is 6.54 Å². The number of hydrogen-bond acceptors (Lipinski definition) is 3. The van der Waals surface area contributed by atoms with Crippen LogP contribution >= 0.6 is 0 Å². The Kier molecular flexibility index (Phi) is 6.43. The Balaban J connectivity index is 2.40. The van der Waals surface area contributed by atoms with Crippen LogP contribution in [-0.2, 0) is 11.3 Å². The molecule has 0 saturated carbocycles. The zero-order chi connectivity index (χ0) is 15.9. The Hall–Kier alpha value is -1.81. The normalized spacial score (nSPS) is 11.7. The van der Waals surface area contributed by atoms with Crippen LogP contribution in [0.1, 0.15) is 43.9 Å². The van der Waals surface area contributed by atoms with Crippen LogP contribution in [0.4, 0.5) is 4.79 Å². The molecule has 0 aromatic heterocycles. The fourth-order valence-corrected chi connectivity index (χ4v) is 1.75. The molecule has 0 aliphatic heterocycles. The molecule has 0 aliphatic carbocycles. The molecule has 0 bridgehead atoms. The zero-order valence-corrected chi connectivity index (χ0v) is 13.3. The van der Waals surface area contributed by atoms with Gasteiger partial charge < -0.3 is 15.2 Å². The number of hydrogen-bond donors (Lipinski definition) is 2. The number of nitrogens with one attached hydrogen (secondary N) is 1. The fraction of sp³-hybridized carbons (Fsp3) is 0.471. The highest BCUT2D eigenvalue weighted by Gasteiger charge is 2.15. The third-order valence-electron chi connectivity index (χ3n) is 2.80. The van der Waals surface area contributed by atoms with Crippen molar-refractivity contribution in [1.82, 2.24) is 5.32 Å². The molecule has 4 nitrogen and oxygen atoms in total. The number of rotatable bonds is 5. The van der Waals surface area contributed by atoms with Gasteiger partial charge in [0.15, 0.2) is 0 Å². The Morgan fingerprint density at radius 2 is 2.10 bits per heavy atom. The standard InChI is InChI=1S/C17H25NO3/c1-13-8-9-14(12-19)11-15(13)7-5-6-10-18-16(20)21-17(2,3)4/h5,7-9,11,19H,6,10,12H2,1-4H3,(H,18,20). The van der Waals surface area contributed by atoms with Crippen molar-refractivity contribution in [3.63, 3.8) is 0 Å². The lowest BCUT2D eigenvalue weighted by Gasteiger charge is -2.19. The van der Waals surface area contributed by atoms with Crippen molar-refractivity contribution in [2.45, 2.75) is 46.3 Å². The molecule has 0 aliphatic rings. The molecule has 0 unspecified atom stereocenters. The van der Waals surface area contributed by atoms with Gasteiger partial charge in [0.2, 0.25) is 0 Å². The van der Waals surface area contributed by atoms with Gasteiger partial charge in [-0.05, 0) is 56.9 Å². The molecule has 1 aromatic carbocycles. The van der Waals surface area contributed by atoms with E-state index in [0.717, 1.165) is 23.1 Å². The molecule has 0 fully saturated rings. The summed E-state index contributed by atoms with van der Waals surface area (Å²) < 4.78 is 5.15. The van der Waals surface area contributed by atoms with Gasteiger partial charge >= 0.3 is 6.09 Å². The van der Waals surface area contributed by atoms with Crippen LogP contribution < -0.4 is 5.32 Å². The van der Waals surface area contributed by atoms with Gasteiger partial charge in [-0.15, -0.1) is 0 Å². The lowest BCUT2D eigenvalue weighted by Crippen LogP contribution is -2.32. The van der Waals surface area contributed by atoms with Crippen molar-refractivity contribution in [2.75, 3.05) is 6.54 Å². The summed E-state index contributed by atoms with van der Waals surface area (Å²) in [5.41, 5.74) is 2.66. The number of amides is 1. The highest BCUT2D eigenvalue weighted by atomic mass is 16.6. The van der Waals surface area contributed by atoms with Crippen molar-refractivity contribution in [1.29, 1.82) is 0 Å². The lowest BCUT2D eigenvalue weighted by atomic mass is 10.0. The lowest BCUT2D eigenvalue weighted by molar-refractivity contribution is 0.0529. The van der Waals surface area contributed by atoms with E-state index in [-0.39, 0.29) is 6.61 Å². The minimum absolute atomic E-state index is 0.0430. The SMILES string of the molecule is Cc1ccc(CO)cc1C=CCCNC(=O)OC(C)(C)C. The van der Waals surface area contributed by atoms with Crippen LogP contribution in [-0.4, -0.2) is 23.3 Å². The summed E-state index contributed by atoms with van der Waals surface area (Å²) in [6.45, 7) is 8.11.